The summed E-state index contributed by atoms with van der Waals surface area (Å²) in [7, 11) is 0. The van der Waals surface area contributed by atoms with Crippen LogP contribution in [0, 0.1) is 11.8 Å². The van der Waals surface area contributed by atoms with E-state index in [1.54, 1.807) is 0 Å². The predicted octanol–water partition coefficient (Wildman–Crippen LogP) is 1.68. The molecule has 60 valence electrons. The molecule has 1 aliphatic carbocycles. The average Bonchev–Trinajstić information content (AvgIpc) is 2.30. The molecule has 1 aliphatic heterocycles. The van der Waals surface area contributed by atoms with Gasteiger partial charge in [0.15, 0.2) is 5.05 Å². The first-order chi connectivity index (χ1) is 5.29. The van der Waals surface area contributed by atoms with Crippen LogP contribution in [0.25, 0.3) is 0 Å². The van der Waals surface area contributed by atoms with Crippen molar-refractivity contribution in [3.8, 4) is 0 Å². The molecule has 2 unspecified atom stereocenters. The molecule has 2 nitrogen and oxygen atoms in total. The SMILES string of the molecule is O=C1OC(=S)C2CCCCC12. The minimum absolute atomic E-state index is 0.0836. The zero-order valence-corrected chi connectivity index (χ0v) is 7.02. The molecule has 2 atom stereocenters. The maximum Gasteiger partial charge on any atom is 0.315 e. The third kappa shape index (κ3) is 1.07. The molecule has 11 heavy (non-hydrogen) atoms. The molecular weight excluding hydrogens is 160 g/mol. The monoisotopic (exact) mass is 170 g/mol. The molecule has 2 aliphatic rings. The van der Waals surface area contributed by atoms with E-state index < -0.39 is 0 Å². The van der Waals surface area contributed by atoms with Crippen molar-refractivity contribution in [2.24, 2.45) is 11.8 Å². The van der Waals surface area contributed by atoms with Gasteiger partial charge in [0.25, 0.3) is 0 Å². The third-order valence-electron chi connectivity index (χ3n) is 2.57. The van der Waals surface area contributed by atoms with Crippen LogP contribution in [-0.2, 0) is 9.53 Å². The van der Waals surface area contributed by atoms with E-state index in [2.05, 4.69) is 0 Å². The minimum Gasteiger partial charge on any atom is -0.419 e. The summed E-state index contributed by atoms with van der Waals surface area (Å²) in [6.07, 6.45) is 4.37. The first-order valence-corrected chi connectivity index (χ1v) is 4.45. The van der Waals surface area contributed by atoms with E-state index in [0.29, 0.717) is 5.05 Å². The Kier molecular flexibility index (Phi) is 1.68. The van der Waals surface area contributed by atoms with Gasteiger partial charge in [-0.05, 0) is 25.1 Å². The molecule has 0 aromatic carbocycles. The normalized spacial score (nSPS) is 36.7. The zero-order chi connectivity index (χ0) is 7.84. The van der Waals surface area contributed by atoms with Gasteiger partial charge in [-0.25, -0.2) is 0 Å². The molecule has 2 fully saturated rings. The molecule has 0 bridgehead atoms. The van der Waals surface area contributed by atoms with Crippen LogP contribution >= 0.6 is 12.2 Å². The van der Waals surface area contributed by atoms with Gasteiger partial charge in [0.2, 0.25) is 0 Å². The molecule has 0 N–H and O–H groups in total. The number of fused-ring (bicyclic) bond motifs is 1. The summed E-state index contributed by atoms with van der Waals surface area (Å²) in [5, 5.41) is 0.541. The summed E-state index contributed by atoms with van der Waals surface area (Å²) in [5.41, 5.74) is 0. The van der Waals surface area contributed by atoms with Gasteiger partial charge in [-0.2, -0.15) is 0 Å². The van der Waals surface area contributed by atoms with E-state index >= 15 is 0 Å². The van der Waals surface area contributed by atoms with Crippen LogP contribution in [0.3, 0.4) is 0 Å². The van der Waals surface area contributed by atoms with E-state index in [0.717, 1.165) is 19.3 Å². The Labute approximate surface area is 70.9 Å². The topological polar surface area (TPSA) is 26.3 Å². The van der Waals surface area contributed by atoms with Crippen molar-refractivity contribution in [2.45, 2.75) is 25.7 Å². The smallest absolute Gasteiger partial charge is 0.315 e. The second-order valence-corrected chi connectivity index (χ2v) is 3.64. The maximum atomic E-state index is 11.1. The van der Waals surface area contributed by atoms with Crippen LogP contribution in [0.5, 0.6) is 0 Å². The van der Waals surface area contributed by atoms with E-state index in [1.165, 1.54) is 6.42 Å². The summed E-state index contributed by atoms with van der Waals surface area (Å²) in [5.74, 6) is 0.294. The zero-order valence-electron chi connectivity index (χ0n) is 6.21. The van der Waals surface area contributed by atoms with Crippen LogP contribution in [0.4, 0.5) is 0 Å². The fourth-order valence-corrected chi connectivity index (χ4v) is 2.31. The van der Waals surface area contributed by atoms with Gasteiger partial charge in [-0.15, -0.1) is 0 Å². The lowest BCUT2D eigenvalue weighted by Crippen LogP contribution is -2.20. The van der Waals surface area contributed by atoms with E-state index in [-0.39, 0.29) is 17.8 Å². The molecule has 0 radical (unpaired) electrons. The molecule has 1 saturated carbocycles. The van der Waals surface area contributed by atoms with Gasteiger partial charge in [-0.3, -0.25) is 4.79 Å². The molecule has 2 rings (SSSR count). The van der Waals surface area contributed by atoms with Gasteiger partial charge in [0.1, 0.15) is 0 Å². The Balaban J connectivity index is 2.19. The average molecular weight is 170 g/mol. The number of hydrogen-bond donors (Lipinski definition) is 0. The maximum absolute atomic E-state index is 11.1. The second kappa shape index (κ2) is 2.55. The number of carbonyl (C=O) groups excluding carboxylic acids is 1. The van der Waals surface area contributed by atoms with Crippen molar-refractivity contribution in [1.29, 1.82) is 0 Å². The highest BCUT2D eigenvalue weighted by atomic mass is 32.1. The summed E-state index contributed by atoms with van der Waals surface area (Å²) in [6, 6.07) is 0. The molecule has 0 amide bonds. The van der Waals surface area contributed by atoms with E-state index in [9.17, 15) is 4.79 Å². The minimum atomic E-state index is -0.0836. The molecule has 0 spiro atoms. The van der Waals surface area contributed by atoms with Crippen LogP contribution in [0.1, 0.15) is 25.7 Å². The van der Waals surface area contributed by atoms with Crippen molar-refractivity contribution < 1.29 is 9.53 Å². The molecule has 0 aromatic rings. The number of hydrogen-bond acceptors (Lipinski definition) is 3. The quantitative estimate of drug-likeness (QED) is 0.408. The number of thiocarbonyl (C=S) groups is 1. The van der Waals surface area contributed by atoms with Crippen molar-refractivity contribution in [3.63, 3.8) is 0 Å². The highest BCUT2D eigenvalue weighted by Crippen LogP contribution is 2.36. The predicted molar refractivity (Wildman–Crippen MR) is 44.1 cm³/mol. The van der Waals surface area contributed by atoms with Gasteiger partial charge in [-0.1, -0.05) is 12.8 Å². The third-order valence-corrected chi connectivity index (χ3v) is 2.96. The lowest BCUT2D eigenvalue weighted by molar-refractivity contribution is -0.137. The Bertz CT molecular complexity index is 190. The Hall–Kier alpha value is -0.440. The van der Waals surface area contributed by atoms with Gasteiger partial charge >= 0.3 is 5.97 Å². The number of rotatable bonds is 0. The number of ether oxygens (including phenoxy) is 1. The summed E-state index contributed by atoms with van der Waals surface area (Å²) in [6.45, 7) is 0. The van der Waals surface area contributed by atoms with Gasteiger partial charge < -0.3 is 4.74 Å². The second-order valence-electron chi connectivity index (χ2n) is 3.24. The fourth-order valence-electron chi connectivity index (χ4n) is 1.95. The number of cyclic esters (lactones) is 1. The van der Waals surface area contributed by atoms with Crippen molar-refractivity contribution in [2.75, 3.05) is 0 Å². The van der Waals surface area contributed by atoms with Gasteiger partial charge in [0.05, 0.1) is 5.92 Å². The highest BCUT2D eigenvalue weighted by molar-refractivity contribution is 7.80. The largest absolute Gasteiger partial charge is 0.419 e. The summed E-state index contributed by atoms with van der Waals surface area (Å²) >= 11 is 4.95. The first kappa shape index (κ1) is 7.22. The first-order valence-electron chi connectivity index (χ1n) is 4.04. The molecule has 0 aromatic heterocycles. The highest BCUT2D eigenvalue weighted by Gasteiger charge is 2.42. The van der Waals surface area contributed by atoms with E-state index in [1.807, 2.05) is 0 Å². The Morgan fingerprint density at radius 3 is 2.55 bits per heavy atom. The number of esters is 1. The fraction of sp³-hybridized carbons (Fsp3) is 0.750. The van der Waals surface area contributed by atoms with Crippen LogP contribution in [-0.4, -0.2) is 11.0 Å². The lowest BCUT2D eigenvalue weighted by Gasteiger charge is -2.19. The number of carbonyl (C=O) groups is 1. The molecule has 1 saturated heterocycles. The Morgan fingerprint density at radius 2 is 1.91 bits per heavy atom. The van der Waals surface area contributed by atoms with Crippen molar-refractivity contribution in [3.05, 3.63) is 0 Å². The molecular formula is C8H10O2S. The standard InChI is InChI=1S/C8H10O2S/c9-7-5-3-1-2-4-6(5)8(11)10-7/h5-6H,1-4H2. The van der Waals surface area contributed by atoms with E-state index in [4.69, 9.17) is 17.0 Å². The molecule has 1 heterocycles. The Morgan fingerprint density at radius 1 is 1.27 bits per heavy atom. The van der Waals surface area contributed by atoms with Crippen molar-refractivity contribution >= 4 is 23.2 Å². The summed E-state index contributed by atoms with van der Waals surface area (Å²) in [4.78, 5) is 11.1. The van der Waals surface area contributed by atoms with Crippen LogP contribution in [0.2, 0.25) is 0 Å². The summed E-state index contributed by atoms with van der Waals surface area (Å²) < 4.78 is 4.90. The van der Waals surface area contributed by atoms with Gasteiger partial charge in [0, 0.05) is 5.92 Å². The van der Waals surface area contributed by atoms with Crippen LogP contribution in [0.15, 0.2) is 0 Å². The van der Waals surface area contributed by atoms with Crippen LogP contribution < -0.4 is 0 Å². The molecule has 3 heteroatoms. The lowest BCUT2D eigenvalue weighted by atomic mass is 9.81. The van der Waals surface area contributed by atoms with Crippen molar-refractivity contribution in [1.82, 2.24) is 0 Å².